The van der Waals surface area contributed by atoms with Crippen molar-refractivity contribution in [3.63, 3.8) is 0 Å². The fourth-order valence-electron chi connectivity index (χ4n) is 3.10. The van der Waals surface area contributed by atoms with Crippen molar-refractivity contribution in [3.8, 4) is 22.5 Å². The number of hydrogen-bond acceptors (Lipinski definition) is 3. The van der Waals surface area contributed by atoms with Gasteiger partial charge in [0.2, 0.25) is 0 Å². The maximum atomic E-state index is 9.28. The highest BCUT2D eigenvalue weighted by Crippen LogP contribution is 2.32. The predicted octanol–water partition coefficient (Wildman–Crippen LogP) is 2.89. The predicted molar refractivity (Wildman–Crippen MR) is 102 cm³/mol. The molecule has 4 aromatic rings. The van der Waals surface area contributed by atoms with Gasteiger partial charge in [-0.3, -0.25) is 0 Å². The van der Waals surface area contributed by atoms with Crippen LogP contribution in [0.25, 0.3) is 33.5 Å². The average Bonchev–Trinajstić information content (AvgIpc) is 3.07. The highest BCUT2D eigenvalue weighted by molar-refractivity contribution is 6.58. The largest absolute Gasteiger partial charge is 0.488 e. The number of nitrogens with zero attached hydrogens (tertiary/aromatic N) is 1. The molecule has 0 bridgehead atoms. The van der Waals surface area contributed by atoms with Crippen LogP contribution in [-0.2, 0) is 0 Å². The van der Waals surface area contributed by atoms with Crippen molar-refractivity contribution < 1.29 is 10.0 Å². The monoisotopic (exact) mass is 328 g/mol. The minimum Gasteiger partial charge on any atom is -0.423 e. The highest BCUT2D eigenvalue weighted by Gasteiger charge is 2.15. The third-order valence-corrected chi connectivity index (χ3v) is 4.41. The van der Waals surface area contributed by atoms with Gasteiger partial charge in [0, 0.05) is 11.1 Å². The summed E-state index contributed by atoms with van der Waals surface area (Å²) in [6.07, 6.45) is 0. The first-order chi connectivity index (χ1) is 12.1. The second-order valence-electron chi connectivity index (χ2n) is 6.10. The first-order valence-electron chi connectivity index (χ1n) is 8.15. The molecule has 25 heavy (non-hydrogen) atoms. The fraction of sp³-hybridized carbons (Fsp3) is 0.0500. The number of rotatable bonds is 3. The number of aryl methyl sites for hydroxylation is 1. The SMILES string of the molecule is Cc1ccc2[nH]c(-c3ccccc3)nc2c1-c1ccc(B(O)O)cc1. The van der Waals surface area contributed by atoms with E-state index < -0.39 is 7.12 Å². The summed E-state index contributed by atoms with van der Waals surface area (Å²) in [4.78, 5) is 8.21. The fourth-order valence-corrected chi connectivity index (χ4v) is 3.10. The summed E-state index contributed by atoms with van der Waals surface area (Å²) in [6.45, 7) is 2.06. The number of aromatic nitrogens is 2. The van der Waals surface area contributed by atoms with Crippen LogP contribution in [0, 0.1) is 6.92 Å². The molecule has 0 atom stereocenters. The molecule has 0 unspecified atom stereocenters. The highest BCUT2D eigenvalue weighted by atomic mass is 16.4. The molecular weight excluding hydrogens is 311 g/mol. The summed E-state index contributed by atoms with van der Waals surface area (Å²) in [6, 6.07) is 21.4. The average molecular weight is 328 g/mol. The van der Waals surface area contributed by atoms with E-state index in [1.54, 1.807) is 12.1 Å². The second kappa shape index (κ2) is 6.20. The van der Waals surface area contributed by atoms with E-state index in [-0.39, 0.29) is 0 Å². The van der Waals surface area contributed by atoms with E-state index in [2.05, 4.69) is 18.0 Å². The van der Waals surface area contributed by atoms with Crippen LogP contribution in [-0.4, -0.2) is 27.1 Å². The Hall–Kier alpha value is -2.89. The third-order valence-electron chi connectivity index (χ3n) is 4.41. The molecule has 0 radical (unpaired) electrons. The maximum Gasteiger partial charge on any atom is 0.488 e. The molecule has 1 aromatic heterocycles. The molecule has 122 valence electrons. The van der Waals surface area contributed by atoms with Gasteiger partial charge in [0.1, 0.15) is 5.82 Å². The van der Waals surface area contributed by atoms with E-state index in [1.165, 1.54) is 0 Å². The molecule has 0 saturated heterocycles. The zero-order valence-corrected chi connectivity index (χ0v) is 13.8. The Kier molecular flexibility index (Phi) is 3.88. The van der Waals surface area contributed by atoms with Gasteiger partial charge < -0.3 is 15.0 Å². The molecule has 3 aromatic carbocycles. The molecule has 0 fully saturated rings. The molecule has 0 spiro atoms. The van der Waals surface area contributed by atoms with Gasteiger partial charge in [-0.2, -0.15) is 0 Å². The molecular formula is C20H17BN2O2. The summed E-state index contributed by atoms with van der Waals surface area (Å²) in [5.74, 6) is 0.838. The van der Waals surface area contributed by atoms with E-state index in [4.69, 9.17) is 4.98 Å². The van der Waals surface area contributed by atoms with Crippen LogP contribution in [0.1, 0.15) is 5.56 Å². The normalized spacial score (nSPS) is 11.0. The minimum atomic E-state index is -1.46. The van der Waals surface area contributed by atoms with E-state index in [0.29, 0.717) is 5.46 Å². The molecule has 0 aliphatic rings. The Bertz CT molecular complexity index is 1020. The lowest BCUT2D eigenvalue weighted by Crippen LogP contribution is -2.29. The number of imidazole rings is 1. The van der Waals surface area contributed by atoms with E-state index in [1.807, 2.05) is 48.5 Å². The van der Waals surface area contributed by atoms with Crippen LogP contribution in [0.2, 0.25) is 0 Å². The molecule has 4 rings (SSSR count). The van der Waals surface area contributed by atoms with Crippen molar-refractivity contribution in [2.45, 2.75) is 6.92 Å². The molecule has 1 heterocycles. The van der Waals surface area contributed by atoms with Crippen LogP contribution in [0.15, 0.2) is 66.7 Å². The van der Waals surface area contributed by atoms with Crippen LogP contribution in [0.3, 0.4) is 0 Å². The number of H-pyrrole nitrogens is 1. The molecule has 0 amide bonds. The smallest absolute Gasteiger partial charge is 0.423 e. The summed E-state index contributed by atoms with van der Waals surface area (Å²) >= 11 is 0. The van der Waals surface area contributed by atoms with Gasteiger partial charge in [-0.25, -0.2) is 4.98 Å². The van der Waals surface area contributed by atoms with Crippen molar-refractivity contribution in [1.82, 2.24) is 9.97 Å². The number of nitrogens with one attached hydrogen (secondary N) is 1. The van der Waals surface area contributed by atoms with Crippen molar-refractivity contribution in [1.29, 1.82) is 0 Å². The lowest BCUT2D eigenvalue weighted by atomic mass is 9.79. The summed E-state index contributed by atoms with van der Waals surface area (Å²) < 4.78 is 0. The lowest BCUT2D eigenvalue weighted by Gasteiger charge is -2.08. The first-order valence-corrected chi connectivity index (χ1v) is 8.15. The van der Waals surface area contributed by atoms with Crippen LogP contribution in [0.5, 0.6) is 0 Å². The summed E-state index contributed by atoms with van der Waals surface area (Å²) in [5.41, 5.74) is 6.58. The van der Waals surface area contributed by atoms with Gasteiger partial charge in [-0.05, 0) is 29.6 Å². The van der Waals surface area contributed by atoms with E-state index in [9.17, 15) is 10.0 Å². The van der Waals surface area contributed by atoms with Crippen molar-refractivity contribution in [2.75, 3.05) is 0 Å². The van der Waals surface area contributed by atoms with Crippen LogP contribution in [0.4, 0.5) is 0 Å². The molecule has 0 aliphatic heterocycles. The van der Waals surface area contributed by atoms with Gasteiger partial charge in [-0.1, -0.05) is 60.7 Å². The first kappa shape index (κ1) is 15.6. The van der Waals surface area contributed by atoms with Crippen molar-refractivity contribution in [2.24, 2.45) is 0 Å². The Morgan fingerprint density at radius 1 is 0.840 bits per heavy atom. The topological polar surface area (TPSA) is 69.1 Å². The second-order valence-corrected chi connectivity index (χ2v) is 6.10. The summed E-state index contributed by atoms with van der Waals surface area (Å²) in [5, 5.41) is 18.6. The number of fused-ring (bicyclic) bond motifs is 1. The van der Waals surface area contributed by atoms with Crippen LogP contribution >= 0.6 is 0 Å². The van der Waals surface area contributed by atoms with Gasteiger partial charge in [-0.15, -0.1) is 0 Å². The van der Waals surface area contributed by atoms with E-state index >= 15 is 0 Å². The Balaban J connectivity index is 1.88. The molecule has 0 saturated carbocycles. The minimum absolute atomic E-state index is 0.473. The van der Waals surface area contributed by atoms with Gasteiger partial charge in [0.25, 0.3) is 0 Å². The molecule has 0 aliphatic carbocycles. The zero-order chi connectivity index (χ0) is 17.4. The molecule has 3 N–H and O–H groups in total. The number of aromatic amines is 1. The Morgan fingerprint density at radius 2 is 1.56 bits per heavy atom. The van der Waals surface area contributed by atoms with Crippen molar-refractivity contribution >= 4 is 23.6 Å². The lowest BCUT2D eigenvalue weighted by molar-refractivity contribution is 0.426. The van der Waals surface area contributed by atoms with Gasteiger partial charge in [0.05, 0.1) is 11.0 Å². The van der Waals surface area contributed by atoms with Gasteiger partial charge in [0.15, 0.2) is 0 Å². The quantitative estimate of drug-likeness (QED) is 0.507. The van der Waals surface area contributed by atoms with E-state index in [0.717, 1.165) is 39.1 Å². The molecule has 5 heteroatoms. The maximum absolute atomic E-state index is 9.28. The van der Waals surface area contributed by atoms with Crippen LogP contribution < -0.4 is 5.46 Å². The zero-order valence-electron chi connectivity index (χ0n) is 13.8. The Morgan fingerprint density at radius 3 is 2.24 bits per heavy atom. The Labute approximate surface area is 146 Å². The van der Waals surface area contributed by atoms with Gasteiger partial charge >= 0.3 is 7.12 Å². The standard InChI is InChI=1S/C20H17BN2O2/c1-13-7-12-17-19(23-20(22-17)15-5-3-2-4-6-15)18(13)14-8-10-16(11-9-14)21(24)25/h2-12,24-25H,1H3,(H,22,23). The third kappa shape index (κ3) is 2.84. The molecule has 4 nitrogen and oxygen atoms in total. The number of benzene rings is 3. The number of hydrogen-bond donors (Lipinski definition) is 3. The van der Waals surface area contributed by atoms with Crippen molar-refractivity contribution in [3.05, 3.63) is 72.3 Å². The summed E-state index contributed by atoms with van der Waals surface area (Å²) in [7, 11) is -1.46.